The molecule has 1 unspecified atom stereocenters. The van der Waals surface area contributed by atoms with Crippen LogP contribution in [-0.4, -0.2) is 98.0 Å². The first-order chi connectivity index (χ1) is 30.9. The van der Waals surface area contributed by atoms with Gasteiger partial charge in [0.25, 0.3) is 0 Å². The number of ether oxygens (including phenoxy) is 3. The number of aliphatic hydroxyl groups excluding tert-OH is 1. The first-order valence-electron chi connectivity index (χ1n) is 27.4. The van der Waals surface area contributed by atoms with Crippen LogP contribution < -0.4 is 0 Å². The predicted octanol–water partition coefficient (Wildman–Crippen LogP) is 13.6. The SMILES string of the molecule is CCCCCCCCC(CCCCCC)COC(=O)CCCCCN(CCCCN(CCO)CCCCC(COC(=O)CCCCCCC)COC(=O)CCCCCCC)C1CC1. The fourth-order valence-corrected chi connectivity index (χ4v) is 8.77. The highest BCUT2D eigenvalue weighted by molar-refractivity contribution is 5.70. The number of hydrogen-bond acceptors (Lipinski definition) is 9. The van der Waals surface area contributed by atoms with Crippen molar-refractivity contribution in [2.45, 2.75) is 258 Å². The fourth-order valence-electron chi connectivity index (χ4n) is 8.77. The molecule has 0 radical (unpaired) electrons. The van der Waals surface area contributed by atoms with Crippen LogP contribution in [0.5, 0.6) is 0 Å². The third kappa shape index (κ3) is 38.1. The van der Waals surface area contributed by atoms with E-state index in [-0.39, 0.29) is 30.4 Å². The maximum Gasteiger partial charge on any atom is 0.305 e. The van der Waals surface area contributed by atoms with Crippen molar-refractivity contribution in [2.75, 3.05) is 59.2 Å². The zero-order chi connectivity index (χ0) is 45.9. The van der Waals surface area contributed by atoms with Crippen molar-refractivity contribution in [3.8, 4) is 0 Å². The van der Waals surface area contributed by atoms with Gasteiger partial charge in [0.15, 0.2) is 0 Å². The summed E-state index contributed by atoms with van der Waals surface area (Å²) in [6.07, 6.45) is 38.6. The molecule has 0 heterocycles. The van der Waals surface area contributed by atoms with Crippen LogP contribution in [0.25, 0.3) is 0 Å². The molecule has 0 amide bonds. The lowest BCUT2D eigenvalue weighted by Crippen LogP contribution is -2.31. The molecule has 1 atom stereocenters. The van der Waals surface area contributed by atoms with Crippen molar-refractivity contribution >= 4 is 17.9 Å². The summed E-state index contributed by atoms with van der Waals surface area (Å²) in [6, 6.07) is 0.729. The zero-order valence-corrected chi connectivity index (χ0v) is 42.1. The number of rotatable bonds is 49. The summed E-state index contributed by atoms with van der Waals surface area (Å²) in [7, 11) is 0. The summed E-state index contributed by atoms with van der Waals surface area (Å²) in [5, 5.41) is 9.82. The molecular formula is C54H104N2O7. The smallest absolute Gasteiger partial charge is 0.305 e. The van der Waals surface area contributed by atoms with Crippen LogP contribution in [0.4, 0.5) is 0 Å². The van der Waals surface area contributed by atoms with Crippen LogP contribution in [0.1, 0.15) is 252 Å². The fraction of sp³-hybridized carbons (Fsp3) is 0.944. The molecular weight excluding hydrogens is 789 g/mol. The van der Waals surface area contributed by atoms with E-state index in [9.17, 15) is 19.5 Å². The third-order valence-electron chi connectivity index (χ3n) is 13.2. The summed E-state index contributed by atoms with van der Waals surface area (Å²) < 4.78 is 17.2. The number of nitrogens with zero attached hydrogens (tertiary/aromatic N) is 2. The van der Waals surface area contributed by atoms with Crippen molar-refractivity contribution in [2.24, 2.45) is 11.8 Å². The molecule has 9 heteroatoms. The minimum atomic E-state index is -0.143. The lowest BCUT2D eigenvalue weighted by Gasteiger charge is -2.24. The highest BCUT2D eigenvalue weighted by Crippen LogP contribution is 2.28. The quantitative estimate of drug-likeness (QED) is 0.0363. The third-order valence-corrected chi connectivity index (χ3v) is 13.2. The van der Waals surface area contributed by atoms with E-state index in [0.29, 0.717) is 51.5 Å². The first-order valence-corrected chi connectivity index (χ1v) is 27.4. The van der Waals surface area contributed by atoms with Gasteiger partial charge in [-0.25, -0.2) is 0 Å². The van der Waals surface area contributed by atoms with Gasteiger partial charge in [0.1, 0.15) is 0 Å². The minimum Gasteiger partial charge on any atom is -0.465 e. The molecule has 0 spiro atoms. The van der Waals surface area contributed by atoms with Gasteiger partial charge >= 0.3 is 17.9 Å². The molecule has 0 aromatic heterocycles. The van der Waals surface area contributed by atoms with E-state index in [4.69, 9.17) is 14.2 Å². The molecule has 1 N–H and O–H groups in total. The van der Waals surface area contributed by atoms with Gasteiger partial charge in [-0.2, -0.15) is 0 Å². The van der Waals surface area contributed by atoms with Gasteiger partial charge in [0.2, 0.25) is 0 Å². The van der Waals surface area contributed by atoms with Crippen LogP contribution >= 0.6 is 0 Å². The van der Waals surface area contributed by atoms with Crippen molar-refractivity contribution in [1.29, 1.82) is 0 Å². The molecule has 1 aliphatic rings. The normalized spacial score (nSPS) is 13.3. The van der Waals surface area contributed by atoms with Crippen LogP contribution in [0.2, 0.25) is 0 Å². The van der Waals surface area contributed by atoms with Gasteiger partial charge in [-0.3, -0.25) is 14.4 Å². The number of aliphatic hydroxyl groups is 1. The van der Waals surface area contributed by atoms with Gasteiger partial charge in [0.05, 0.1) is 26.4 Å². The van der Waals surface area contributed by atoms with Gasteiger partial charge in [0, 0.05) is 37.8 Å². The molecule has 1 aliphatic carbocycles. The minimum absolute atomic E-state index is 0.00331. The molecule has 1 saturated carbocycles. The summed E-state index contributed by atoms with van der Waals surface area (Å²) in [4.78, 5) is 42.7. The predicted molar refractivity (Wildman–Crippen MR) is 263 cm³/mol. The Bertz CT molecular complexity index is 1010. The molecule has 0 bridgehead atoms. The van der Waals surface area contributed by atoms with E-state index in [1.807, 2.05) is 0 Å². The topological polar surface area (TPSA) is 106 Å². The first kappa shape index (κ1) is 59.3. The molecule has 63 heavy (non-hydrogen) atoms. The Balaban J connectivity index is 2.40. The maximum atomic E-state index is 12.7. The molecule has 1 rings (SSSR count). The molecule has 0 aromatic rings. The van der Waals surface area contributed by atoms with Crippen molar-refractivity contribution in [3.63, 3.8) is 0 Å². The summed E-state index contributed by atoms with van der Waals surface area (Å²) in [5.74, 6) is 0.243. The van der Waals surface area contributed by atoms with Gasteiger partial charge in [-0.15, -0.1) is 0 Å². The van der Waals surface area contributed by atoms with Crippen LogP contribution in [0.15, 0.2) is 0 Å². The Morgan fingerprint density at radius 2 is 0.762 bits per heavy atom. The van der Waals surface area contributed by atoms with Crippen LogP contribution in [-0.2, 0) is 28.6 Å². The second-order valence-corrected chi connectivity index (χ2v) is 19.4. The summed E-state index contributed by atoms with van der Waals surface area (Å²) in [5.41, 5.74) is 0. The van der Waals surface area contributed by atoms with E-state index in [2.05, 4.69) is 37.5 Å². The Morgan fingerprint density at radius 3 is 1.22 bits per heavy atom. The molecule has 1 fully saturated rings. The second kappa shape index (κ2) is 44.1. The van der Waals surface area contributed by atoms with E-state index in [1.54, 1.807) is 0 Å². The Kier molecular flexibility index (Phi) is 41.6. The highest BCUT2D eigenvalue weighted by Gasteiger charge is 2.28. The number of carbonyl (C=O) groups is 3. The molecule has 0 saturated heterocycles. The number of carbonyl (C=O) groups excluding carboxylic acids is 3. The van der Waals surface area contributed by atoms with Crippen molar-refractivity contribution in [3.05, 3.63) is 0 Å². The maximum absolute atomic E-state index is 12.7. The van der Waals surface area contributed by atoms with Gasteiger partial charge < -0.3 is 29.1 Å². The van der Waals surface area contributed by atoms with Crippen LogP contribution in [0, 0.1) is 11.8 Å². The second-order valence-electron chi connectivity index (χ2n) is 19.4. The summed E-state index contributed by atoms with van der Waals surface area (Å²) in [6.45, 7) is 15.1. The van der Waals surface area contributed by atoms with Crippen molar-refractivity contribution < 1.29 is 33.7 Å². The average Bonchev–Trinajstić information content (AvgIpc) is 4.13. The van der Waals surface area contributed by atoms with Crippen LogP contribution in [0.3, 0.4) is 0 Å². The Labute approximate surface area is 389 Å². The lowest BCUT2D eigenvalue weighted by molar-refractivity contribution is -0.149. The largest absolute Gasteiger partial charge is 0.465 e. The highest BCUT2D eigenvalue weighted by atomic mass is 16.5. The average molecular weight is 893 g/mol. The van der Waals surface area contributed by atoms with Gasteiger partial charge in [-0.05, 0) is 109 Å². The van der Waals surface area contributed by atoms with Crippen molar-refractivity contribution in [1.82, 2.24) is 9.80 Å². The molecule has 0 aromatic carbocycles. The number of hydrogen-bond donors (Lipinski definition) is 1. The Hall–Kier alpha value is -1.71. The van der Waals surface area contributed by atoms with E-state index in [1.165, 1.54) is 116 Å². The number of esters is 3. The van der Waals surface area contributed by atoms with E-state index >= 15 is 0 Å². The standard InChI is InChI=1S/C54H104N2O7/c1-5-9-13-17-20-23-33-49(32-22-16-12-8-4)46-61-52(58)37-26-21-28-42-56(51-38-39-51)43-31-30-41-55(44-45-57)40-29-27-34-50(47-62-53(59)35-24-18-14-10-6-2)48-63-54(60)36-25-19-15-11-7-3/h49-51,57H,5-48H2,1-4H3. The van der Waals surface area contributed by atoms with Gasteiger partial charge in [-0.1, -0.05) is 156 Å². The zero-order valence-electron chi connectivity index (χ0n) is 42.1. The summed E-state index contributed by atoms with van der Waals surface area (Å²) >= 11 is 0. The Morgan fingerprint density at radius 1 is 0.429 bits per heavy atom. The number of unbranched alkanes of at least 4 members (excludes halogenated alkanes) is 20. The van der Waals surface area contributed by atoms with E-state index in [0.717, 1.165) is 122 Å². The van der Waals surface area contributed by atoms with E-state index < -0.39 is 0 Å². The lowest BCUT2D eigenvalue weighted by atomic mass is 9.95. The monoisotopic (exact) mass is 893 g/mol. The molecule has 9 nitrogen and oxygen atoms in total. The molecule has 372 valence electrons. The molecule has 0 aliphatic heterocycles.